The van der Waals surface area contributed by atoms with Crippen molar-refractivity contribution in [2.45, 2.75) is 32.2 Å². The van der Waals surface area contributed by atoms with Gasteiger partial charge in [0, 0.05) is 31.1 Å². The highest BCUT2D eigenvalue weighted by atomic mass is 16.4. The van der Waals surface area contributed by atoms with Crippen LogP contribution in [0.4, 0.5) is 6.01 Å². The minimum atomic E-state index is -0.353. The van der Waals surface area contributed by atoms with Crippen molar-refractivity contribution in [2.24, 2.45) is 11.7 Å². The maximum atomic E-state index is 12.3. The first-order valence-electron chi connectivity index (χ1n) is 8.11. The molecule has 6 nitrogen and oxygen atoms in total. The standard InChI is InChI=1S/C17H24N4O2/c1-17(2,11-18)20-15(22)12-7-9-21(10-8-12)16-19-13-5-3-4-6-14(13)23-16/h3-6,12H,7-11,18H2,1-2H3,(H,20,22). The van der Waals surface area contributed by atoms with Gasteiger partial charge in [-0.25, -0.2) is 0 Å². The summed E-state index contributed by atoms with van der Waals surface area (Å²) in [6.45, 7) is 5.86. The second kappa shape index (κ2) is 6.20. The van der Waals surface area contributed by atoms with Crippen LogP contribution < -0.4 is 16.0 Å². The number of para-hydroxylation sites is 2. The summed E-state index contributed by atoms with van der Waals surface area (Å²) in [7, 11) is 0. The predicted molar refractivity (Wildman–Crippen MR) is 90.2 cm³/mol. The van der Waals surface area contributed by atoms with Gasteiger partial charge in [-0.05, 0) is 38.8 Å². The van der Waals surface area contributed by atoms with Gasteiger partial charge in [0.25, 0.3) is 6.01 Å². The van der Waals surface area contributed by atoms with Crippen LogP contribution >= 0.6 is 0 Å². The molecule has 0 spiro atoms. The highest BCUT2D eigenvalue weighted by molar-refractivity contribution is 5.80. The lowest BCUT2D eigenvalue weighted by Gasteiger charge is -2.32. The number of nitrogens with one attached hydrogen (secondary N) is 1. The molecule has 1 aromatic heterocycles. The Kier molecular flexibility index (Phi) is 4.26. The van der Waals surface area contributed by atoms with Crippen LogP contribution in [0, 0.1) is 5.92 Å². The third kappa shape index (κ3) is 3.47. The number of nitrogens with two attached hydrogens (primary N) is 1. The number of carbonyl (C=O) groups is 1. The summed E-state index contributed by atoms with van der Waals surface area (Å²) in [5, 5.41) is 3.03. The summed E-state index contributed by atoms with van der Waals surface area (Å²) < 4.78 is 5.80. The normalized spacial score (nSPS) is 16.7. The van der Waals surface area contributed by atoms with Gasteiger partial charge in [0.2, 0.25) is 5.91 Å². The average molecular weight is 316 g/mol. The van der Waals surface area contributed by atoms with Crippen LogP contribution in [0.5, 0.6) is 0 Å². The van der Waals surface area contributed by atoms with Gasteiger partial charge in [-0.1, -0.05) is 12.1 Å². The Balaban J connectivity index is 1.61. The fourth-order valence-corrected chi connectivity index (χ4v) is 2.81. The first kappa shape index (κ1) is 15.8. The number of amides is 1. The van der Waals surface area contributed by atoms with Gasteiger partial charge in [0.05, 0.1) is 0 Å². The molecule has 23 heavy (non-hydrogen) atoms. The SMILES string of the molecule is CC(C)(CN)NC(=O)C1CCN(c2nc3ccccc3o2)CC1. The number of hydrogen-bond acceptors (Lipinski definition) is 5. The number of nitrogens with zero attached hydrogens (tertiary/aromatic N) is 2. The molecule has 3 rings (SSSR count). The molecule has 0 unspecified atom stereocenters. The van der Waals surface area contributed by atoms with E-state index in [0.29, 0.717) is 12.6 Å². The number of aromatic nitrogens is 1. The van der Waals surface area contributed by atoms with Crippen molar-refractivity contribution in [3.63, 3.8) is 0 Å². The molecular weight excluding hydrogens is 292 g/mol. The van der Waals surface area contributed by atoms with Crippen molar-refractivity contribution in [2.75, 3.05) is 24.5 Å². The van der Waals surface area contributed by atoms with E-state index < -0.39 is 0 Å². The fourth-order valence-electron chi connectivity index (χ4n) is 2.81. The number of benzene rings is 1. The molecule has 6 heteroatoms. The van der Waals surface area contributed by atoms with E-state index in [2.05, 4.69) is 15.2 Å². The van der Waals surface area contributed by atoms with Crippen molar-refractivity contribution < 1.29 is 9.21 Å². The molecule has 2 heterocycles. The molecule has 1 aliphatic rings. The van der Waals surface area contributed by atoms with Gasteiger partial charge in [-0.3, -0.25) is 4.79 Å². The number of hydrogen-bond donors (Lipinski definition) is 2. The molecule has 1 fully saturated rings. The maximum Gasteiger partial charge on any atom is 0.298 e. The van der Waals surface area contributed by atoms with Crippen molar-refractivity contribution in [1.82, 2.24) is 10.3 Å². The van der Waals surface area contributed by atoms with Crippen LogP contribution in [0.25, 0.3) is 11.1 Å². The van der Waals surface area contributed by atoms with E-state index in [-0.39, 0.29) is 17.4 Å². The number of carbonyl (C=O) groups excluding carboxylic acids is 1. The largest absolute Gasteiger partial charge is 0.423 e. The van der Waals surface area contributed by atoms with Crippen LogP contribution in [0.2, 0.25) is 0 Å². The first-order valence-corrected chi connectivity index (χ1v) is 8.11. The molecule has 0 atom stereocenters. The van der Waals surface area contributed by atoms with Crippen molar-refractivity contribution in [1.29, 1.82) is 0 Å². The predicted octanol–water partition coefficient (Wildman–Crippen LogP) is 1.90. The number of anilines is 1. The van der Waals surface area contributed by atoms with Crippen LogP contribution in [-0.2, 0) is 4.79 Å². The molecule has 0 bridgehead atoms. The van der Waals surface area contributed by atoms with Crippen LogP contribution in [0.3, 0.4) is 0 Å². The van der Waals surface area contributed by atoms with E-state index in [1.165, 1.54) is 0 Å². The third-order valence-corrected chi connectivity index (χ3v) is 4.39. The van der Waals surface area contributed by atoms with Gasteiger partial charge in [-0.15, -0.1) is 0 Å². The van der Waals surface area contributed by atoms with E-state index in [1.54, 1.807) is 0 Å². The molecule has 0 aliphatic carbocycles. The Morgan fingerprint density at radius 1 is 1.39 bits per heavy atom. The van der Waals surface area contributed by atoms with Crippen molar-refractivity contribution in [3.8, 4) is 0 Å². The average Bonchev–Trinajstić information content (AvgIpc) is 2.98. The molecule has 1 saturated heterocycles. The minimum absolute atomic E-state index is 0.0291. The topological polar surface area (TPSA) is 84.4 Å². The van der Waals surface area contributed by atoms with E-state index in [9.17, 15) is 4.79 Å². The highest BCUT2D eigenvalue weighted by Crippen LogP contribution is 2.26. The van der Waals surface area contributed by atoms with Crippen LogP contribution in [0.15, 0.2) is 28.7 Å². The van der Waals surface area contributed by atoms with Crippen molar-refractivity contribution in [3.05, 3.63) is 24.3 Å². The summed E-state index contributed by atoms with van der Waals surface area (Å²) in [4.78, 5) is 19.0. The van der Waals surface area contributed by atoms with Crippen LogP contribution in [-0.4, -0.2) is 36.1 Å². The number of piperidine rings is 1. The van der Waals surface area contributed by atoms with Crippen molar-refractivity contribution >= 4 is 23.0 Å². The highest BCUT2D eigenvalue weighted by Gasteiger charge is 2.29. The molecule has 0 radical (unpaired) electrons. The molecule has 2 aromatic rings. The zero-order valence-electron chi connectivity index (χ0n) is 13.7. The quantitative estimate of drug-likeness (QED) is 0.900. The number of rotatable bonds is 4. The Hall–Kier alpha value is -2.08. The number of oxazole rings is 1. The summed E-state index contributed by atoms with van der Waals surface area (Å²) >= 11 is 0. The Labute approximate surface area is 136 Å². The maximum absolute atomic E-state index is 12.3. The van der Waals surface area contributed by atoms with Gasteiger partial charge >= 0.3 is 0 Å². The summed E-state index contributed by atoms with van der Waals surface area (Å²) in [5.74, 6) is 0.124. The fraction of sp³-hybridized carbons (Fsp3) is 0.529. The third-order valence-electron chi connectivity index (χ3n) is 4.39. The van der Waals surface area contributed by atoms with Gasteiger partial charge in [0.15, 0.2) is 5.58 Å². The zero-order chi connectivity index (χ0) is 16.4. The summed E-state index contributed by atoms with van der Waals surface area (Å²) in [6.07, 6.45) is 1.59. The second-order valence-electron chi connectivity index (χ2n) is 6.80. The Morgan fingerprint density at radius 2 is 2.09 bits per heavy atom. The summed E-state index contributed by atoms with van der Waals surface area (Å²) in [5.41, 5.74) is 6.99. The number of fused-ring (bicyclic) bond motifs is 1. The molecule has 3 N–H and O–H groups in total. The monoisotopic (exact) mass is 316 g/mol. The Morgan fingerprint density at radius 3 is 2.74 bits per heavy atom. The zero-order valence-corrected chi connectivity index (χ0v) is 13.7. The van der Waals surface area contributed by atoms with E-state index >= 15 is 0 Å². The van der Waals surface area contributed by atoms with Crippen LogP contribution in [0.1, 0.15) is 26.7 Å². The molecule has 1 aromatic carbocycles. The molecule has 1 amide bonds. The van der Waals surface area contributed by atoms with Gasteiger partial charge in [0.1, 0.15) is 5.52 Å². The van der Waals surface area contributed by atoms with E-state index in [0.717, 1.165) is 37.0 Å². The Bertz CT molecular complexity index is 654. The van der Waals surface area contributed by atoms with E-state index in [1.807, 2.05) is 38.1 Å². The summed E-state index contributed by atoms with van der Waals surface area (Å²) in [6, 6.07) is 8.39. The lowest BCUT2D eigenvalue weighted by molar-refractivity contribution is -0.127. The van der Waals surface area contributed by atoms with Gasteiger partial charge in [-0.2, -0.15) is 4.98 Å². The van der Waals surface area contributed by atoms with E-state index in [4.69, 9.17) is 10.2 Å². The first-order chi connectivity index (χ1) is 11.0. The lowest BCUT2D eigenvalue weighted by atomic mass is 9.94. The molecule has 124 valence electrons. The molecule has 0 saturated carbocycles. The van der Waals surface area contributed by atoms with Gasteiger partial charge < -0.3 is 20.4 Å². The minimum Gasteiger partial charge on any atom is -0.423 e. The second-order valence-corrected chi connectivity index (χ2v) is 6.80. The lowest BCUT2D eigenvalue weighted by Crippen LogP contribution is -2.52. The smallest absolute Gasteiger partial charge is 0.298 e. The molecule has 1 aliphatic heterocycles. The molecular formula is C17H24N4O2.